The predicted molar refractivity (Wildman–Crippen MR) is 110 cm³/mol. The second kappa shape index (κ2) is 7.36. The van der Waals surface area contributed by atoms with Gasteiger partial charge in [0.2, 0.25) is 0 Å². The molecule has 1 aliphatic rings. The standard InChI is InChI=1S/C17H16BrI2NO/c18-13-4-1-3-11(7-13)16-5-2-6-21(16)10-12-8-14(19)9-15(20)17(12)22/h1,3-4,7-9,16,22H,2,5-6,10H2. The lowest BCUT2D eigenvalue weighted by molar-refractivity contribution is 0.245. The van der Waals surface area contributed by atoms with Crippen molar-refractivity contribution in [2.45, 2.75) is 25.4 Å². The van der Waals surface area contributed by atoms with Crippen LogP contribution in [0.2, 0.25) is 0 Å². The first kappa shape index (κ1) is 17.0. The van der Waals surface area contributed by atoms with Gasteiger partial charge in [-0.1, -0.05) is 28.1 Å². The second-order valence-corrected chi connectivity index (χ2v) is 8.90. The number of halogens is 3. The number of likely N-dealkylation sites (tertiary alicyclic amines) is 1. The summed E-state index contributed by atoms with van der Waals surface area (Å²) in [7, 11) is 0. The molecule has 1 heterocycles. The third kappa shape index (κ3) is 3.79. The Labute approximate surface area is 166 Å². The van der Waals surface area contributed by atoms with Gasteiger partial charge < -0.3 is 5.11 Å². The molecule has 0 amide bonds. The maximum Gasteiger partial charge on any atom is 0.133 e. The minimum atomic E-state index is 0.431. The van der Waals surface area contributed by atoms with Crippen LogP contribution in [0.1, 0.15) is 30.0 Å². The third-order valence-electron chi connectivity index (χ3n) is 4.08. The molecule has 0 aromatic heterocycles. The van der Waals surface area contributed by atoms with Gasteiger partial charge in [-0.3, -0.25) is 4.90 Å². The van der Waals surface area contributed by atoms with Crippen LogP contribution in [0.5, 0.6) is 5.75 Å². The fourth-order valence-electron chi connectivity index (χ4n) is 3.07. The molecule has 22 heavy (non-hydrogen) atoms. The number of benzene rings is 2. The number of phenols is 1. The van der Waals surface area contributed by atoms with Crippen molar-refractivity contribution < 1.29 is 5.11 Å². The molecular weight excluding hydrogens is 568 g/mol. The fourth-order valence-corrected chi connectivity index (χ4v) is 5.45. The topological polar surface area (TPSA) is 23.5 Å². The van der Waals surface area contributed by atoms with Gasteiger partial charge in [0.1, 0.15) is 5.75 Å². The molecule has 0 bridgehead atoms. The van der Waals surface area contributed by atoms with E-state index < -0.39 is 0 Å². The van der Waals surface area contributed by atoms with Crippen LogP contribution in [-0.4, -0.2) is 16.6 Å². The van der Waals surface area contributed by atoms with E-state index >= 15 is 0 Å². The van der Waals surface area contributed by atoms with Gasteiger partial charge in [0.25, 0.3) is 0 Å². The van der Waals surface area contributed by atoms with Gasteiger partial charge in [-0.2, -0.15) is 0 Å². The Morgan fingerprint density at radius 2 is 2.05 bits per heavy atom. The average molecular weight is 584 g/mol. The molecule has 1 N–H and O–H groups in total. The molecule has 0 spiro atoms. The third-order valence-corrected chi connectivity index (χ3v) is 6.02. The Bertz CT molecular complexity index is 692. The summed E-state index contributed by atoms with van der Waals surface area (Å²) in [6.07, 6.45) is 2.39. The summed E-state index contributed by atoms with van der Waals surface area (Å²) in [5.41, 5.74) is 2.38. The highest BCUT2D eigenvalue weighted by atomic mass is 127. The molecule has 2 aromatic rings. The lowest BCUT2D eigenvalue weighted by Gasteiger charge is -2.25. The average Bonchev–Trinajstić information content (AvgIpc) is 2.92. The van der Waals surface area contributed by atoms with Crippen molar-refractivity contribution in [2.75, 3.05) is 6.54 Å². The number of hydrogen-bond donors (Lipinski definition) is 1. The quantitative estimate of drug-likeness (QED) is 0.469. The monoisotopic (exact) mass is 583 g/mol. The fraction of sp³-hybridized carbons (Fsp3) is 0.294. The number of rotatable bonds is 3. The zero-order valence-electron chi connectivity index (χ0n) is 11.9. The molecule has 1 unspecified atom stereocenters. The van der Waals surface area contributed by atoms with Crippen molar-refractivity contribution in [1.82, 2.24) is 4.90 Å². The van der Waals surface area contributed by atoms with E-state index in [4.69, 9.17) is 0 Å². The Morgan fingerprint density at radius 3 is 2.82 bits per heavy atom. The summed E-state index contributed by atoms with van der Waals surface area (Å²) in [4.78, 5) is 2.48. The minimum Gasteiger partial charge on any atom is -0.507 e. The van der Waals surface area contributed by atoms with Crippen molar-refractivity contribution >= 4 is 61.1 Å². The van der Waals surface area contributed by atoms with E-state index in [1.807, 2.05) is 6.07 Å². The normalized spacial score (nSPS) is 18.8. The lowest BCUT2D eigenvalue weighted by atomic mass is 10.0. The Morgan fingerprint density at radius 1 is 1.23 bits per heavy atom. The first-order valence-corrected chi connectivity index (χ1v) is 10.2. The molecule has 116 valence electrons. The molecule has 2 aromatic carbocycles. The maximum atomic E-state index is 10.3. The largest absolute Gasteiger partial charge is 0.507 e. The van der Waals surface area contributed by atoms with Gasteiger partial charge in [-0.15, -0.1) is 0 Å². The van der Waals surface area contributed by atoms with E-state index in [1.165, 1.54) is 22.0 Å². The first-order chi connectivity index (χ1) is 10.5. The zero-order chi connectivity index (χ0) is 15.7. The molecule has 0 saturated carbocycles. The number of hydrogen-bond acceptors (Lipinski definition) is 2. The van der Waals surface area contributed by atoms with Crippen LogP contribution in [0.3, 0.4) is 0 Å². The van der Waals surface area contributed by atoms with Crippen molar-refractivity contribution in [3.8, 4) is 5.75 Å². The smallest absolute Gasteiger partial charge is 0.133 e. The first-order valence-electron chi connectivity index (χ1n) is 7.21. The van der Waals surface area contributed by atoms with Crippen molar-refractivity contribution in [2.24, 2.45) is 0 Å². The molecule has 1 saturated heterocycles. The van der Waals surface area contributed by atoms with E-state index in [0.29, 0.717) is 11.8 Å². The van der Waals surface area contributed by atoms with E-state index in [-0.39, 0.29) is 0 Å². The molecule has 2 nitrogen and oxygen atoms in total. The van der Waals surface area contributed by atoms with E-state index in [2.05, 4.69) is 96.3 Å². The van der Waals surface area contributed by atoms with Crippen LogP contribution in [0.25, 0.3) is 0 Å². The number of aromatic hydroxyl groups is 1. The van der Waals surface area contributed by atoms with Gasteiger partial charge in [-0.05, 0) is 94.4 Å². The molecule has 5 heteroatoms. The van der Waals surface area contributed by atoms with E-state index in [0.717, 1.165) is 26.7 Å². The summed E-state index contributed by atoms with van der Waals surface area (Å²) < 4.78 is 3.23. The zero-order valence-corrected chi connectivity index (χ0v) is 17.8. The van der Waals surface area contributed by atoms with Crippen LogP contribution in [0, 0.1) is 7.14 Å². The summed E-state index contributed by atoms with van der Waals surface area (Å²) in [5, 5.41) is 10.3. The summed E-state index contributed by atoms with van der Waals surface area (Å²) in [5.74, 6) is 0.431. The summed E-state index contributed by atoms with van der Waals surface area (Å²) >= 11 is 8.08. The highest BCUT2D eigenvalue weighted by Gasteiger charge is 2.27. The van der Waals surface area contributed by atoms with Crippen molar-refractivity contribution in [1.29, 1.82) is 0 Å². The Hall–Kier alpha value is 0.140. The van der Waals surface area contributed by atoms with Crippen LogP contribution >= 0.6 is 61.1 Å². The Kier molecular flexibility index (Phi) is 5.68. The van der Waals surface area contributed by atoms with Crippen LogP contribution in [0.15, 0.2) is 40.9 Å². The molecular formula is C17H16BrI2NO. The van der Waals surface area contributed by atoms with Crippen LogP contribution < -0.4 is 0 Å². The summed E-state index contributed by atoms with van der Waals surface area (Å²) in [6.45, 7) is 1.88. The van der Waals surface area contributed by atoms with Crippen molar-refractivity contribution in [3.63, 3.8) is 0 Å². The maximum absolute atomic E-state index is 10.3. The SMILES string of the molecule is Oc1c(I)cc(I)cc1CN1CCCC1c1cccc(Br)c1. The summed E-state index contributed by atoms with van der Waals surface area (Å²) in [6, 6.07) is 13.1. The molecule has 0 aliphatic carbocycles. The molecule has 1 fully saturated rings. The second-order valence-electron chi connectivity index (χ2n) is 5.58. The molecule has 1 aliphatic heterocycles. The highest BCUT2D eigenvalue weighted by Crippen LogP contribution is 2.36. The van der Waals surface area contributed by atoms with Crippen LogP contribution in [0.4, 0.5) is 0 Å². The van der Waals surface area contributed by atoms with Gasteiger partial charge in [0.05, 0.1) is 3.57 Å². The van der Waals surface area contributed by atoms with Gasteiger partial charge in [-0.25, -0.2) is 0 Å². The van der Waals surface area contributed by atoms with Crippen molar-refractivity contribution in [3.05, 3.63) is 59.1 Å². The molecule has 3 rings (SSSR count). The van der Waals surface area contributed by atoms with Gasteiger partial charge in [0.15, 0.2) is 0 Å². The number of phenolic OH excluding ortho intramolecular Hbond substituents is 1. The van der Waals surface area contributed by atoms with Gasteiger partial charge >= 0.3 is 0 Å². The van der Waals surface area contributed by atoms with E-state index in [9.17, 15) is 5.11 Å². The minimum absolute atomic E-state index is 0.431. The Balaban J connectivity index is 1.85. The predicted octanol–water partition coefficient (Wildman–Crippen LogP) is 5.70. The molecule has 0 radical (unpaired) electrons. The van der Waals surface area contributed by atoms with Gasteiger partial charge in [0, 0.05) is 26.2 Å². The highest BCUT2D eigenvalue weighted by molar-refractivity contribution is 14.1. The lowest BCUT2D eigenvalue weighted by Crippen LogP contribution is -2.23. The van der Waals surface area contributed by atoms with Crippen LogP contribution in [-0.2, 0) is 6.54 Å². The number of nitrogens with zero attached hydrogens (tertiary/aromatic N) is 1. The molecule has 1 atom stereocenters. The van der Waals surface area contributed by atoms with E-state index in [1.54, 1.807) is 0 Å².